The summed E-state index contributed by atoms with van der Waals surface area (Å²) in [6.45, 7) is 6.23. The van der Waals surface area contributed by atoms with Gasteiger partial charge in [-0.1, -0.05) is 53.6 Å². The molecule has 0 spiro atoms. The number of ether oxygens (including phenoxy) is 2. The Morgan fingerprint density at radius 1 is 1.00 bits per heavy atom. The Balaban J connectivity index is 1.41. The van der Waals surface area contributed by atoms with E-state index in [1.54, 1.807) is 53.4 Å². The smallest absolute Gasteiger partial charge is 0.295 e. The average molecular weight is 547 g/mol. The van der Waals surface area contributed by atoms with Crippen LogP contribution in [-0.4, -0.2) is 66.0 Å². The summed E-state index contributed by atoms with van der Waals surface area (Å²) in [7, 11) is 0. The van der Waals surface area contributed by atoms with Crippen molar-refractivity contribution in [1.29, 1.82) is 0 Å². The van der Waals surface area contributed by atoms with Crippen molar-refractivity contribution in [3.63, 3.8) is 0 Å². The van der Waals surface area contributed by atoms with Gasteiger partial charge in [0.15, 0.2) is 0 Å². The van der Waals surface area contributed by atoms with Gasteiger partial charge in [0.25, 0.3) is 11.7 Å². The fraction of sp³-hybridized carbons (Fsp3) is 0.290. The van der Waals surface area contributed by atoms with Crippen molar-refractivity contribution in [3.8, 4) is 5.75 Å². The van der Waals surface area contributed by atoms with E-state index in [2.05, 4.69) is 11.0 Å². The molecule has 2 aliphatic heterocycles. The van der Waals surface area contributed by atoms with Gasteiger partial charge in [-0.15, -0.1) is 0 Å². The minimum Gasteiger partial charge on any atom is -0.507 e. The second-order valence-electron chi connectivity index (χ2n) is 9.80. The largest absolute Gasteiger partial charge is 0.507 e. The summed E-state index contributed by atoms with van der Waals surface area (Å²) < 4.78 is 11.3. The Morgan fingerprint density at radius 2 is 1.72 bits per heavy atom. The van der Waals surface area contributed by atoms with Gasteiger partial charge in [0.05, 0.1) is 24.8 Å². The summed E-state index contributed by atoms with van der Waals surface area (Å²) in [5, 5.41) is 11.9. The van der Waals surface area contributed by atoms with Crippen molar-refractivity contribution >= 4 is 29.1 Å². The lowest BCUT2D eigenvalue weighted by Crippen LogP contribution is -2.42. The first-order valence-corrected chi connectivity index (χ1v) is 13.4. The van der Waals surface area contributed by atoms with Crippen molar-refractivity contribution in [2.75, 3.05) is 39.4 Å². The number of ketones is 1. The van der Waals surface area contributed by atoms with Crippen molar-refractivity contribution in [3.05, 3.63) is 106 Å². The van der Waals surface area contributed by atoms with Crippen molar-refractivity contribution in [1.82, 2.24) is 9.80 Å². The third-order valence-electron chi connectivity index (χ3n) is 7.10. The molecule has 39 heavy (non-hydrogen) atoms. The van der Waals surface area contributed by atoms with Crippen LogP contribution in [0.1, 0.15) is 28.3 Å². The van der Waals surface area contributed by atoms with Gasteiger partial charge in [0.1, 0.15) is 18.1 Å². The molecule has 1 N–H and O–H groups in total. The van der Waals surface area contributed by atoms with Gasteiger partial charge in [-0.3, -0.25) is 14.5 Å². The highest BCUT2D eigenvalue weighted by molar-refractivity contribution is 6.46. The molecule has 0 radical (unpaired) electrons. The maximum Gasteiger partial charge on any atom is 0.295 e. The van der Waals surface area contributed by atoms with Gasteiger partial charge in [-0.05, 0) is 54.4 Å². The Hall–Kier alpha value is -3.65. The Labute approximate surface area is 233 Å². The molecule has 0 bridgehead atoms. The zero-order chi connectivity index (χ0) is 27.4. The number of amides is 1. The quantitative estimate of drug-likeness (QED) is 0.244. The molecule has 8 heteroatoms. The van der Waals surface area contributed by atoms with Crippen LogP contribution in [0.3, 0.4) is 0 Å². The van der Waals surface area contributed by atoms with E-state index < -0.39 is 17.7 Å². The highest BCUT2D eigenvalue weighted by atomic mass is 35.5. The molecule has 3 aromatic rings. The number of Topliss-reactive ketones (excluding diaryl/α,β-unsaturated/α-hetero) is 1. The predicted molar refractivity (Wildman–Crippen MR) is 150 cm³/mol. The molecule has 1 unspecified atom stereocenters. The lowest BCUT2D eigenvalue weighted by atomic mass is 9.95. The Morgan fingerprint density at radius 3 is 2.41 bits per heavy atom. The second-order valence-corrected chi connectivity index (χ2v) is 10.2. The molecule has 2 fully saturated rings. The molecule has 0 saturated carbocycles. The van der Waals surface area contributed by atoms with Crippen LogP contribution >= 0.6 is 11.6 Å². The van der Waals surface area contributed by atoms with E-state index >= 15 is 0 Å². The van der Waals surface area contributed by atoms with Crippen LogP contribution in [0.4, 0.5) is 0 Å². The van der Waals surface area contributed by atoms with Crippen LogP contribution in [0, 0.1) is 6.92 Å². The maximum atomic E-state index is 13.3. The number of carbonyl (C=O) groups excluding carboxylic acids is 2. The van der Waals surface area contributed by atoms with Crippen LogP contribution in [0.2, 0.25) is 5.02 Å². The number of benzene rings is 3. The number of hydrogen-bond donors (Lipinski definition) is 1. The van der Waals surface area contributed by atoms with Gasteiger partial charge < -0.3 is 19.5 Å². The molecule has 0 aliphatic carbocycles. The molecule has 3 aromatic carbocycles. The van der Waals surface area contributed by atoms with Crippen LogP contribution < -0.4 is 4.74 Å². The number of halogens is 1. The number of rotatable bonds is 8. The average Bonchev–Trinajstić information content (AvgIpc) is 3.21. The maximum absolute atomic E-state index is 13.3. The summed E-state index contributed by atoms with van der Waals surface area (Å²) in [5.41, 5.74) is 3.43. The molecule has 1 amide bonds. The number of hydrogen-bond acceptors (Lipinski definition) is 6. The van der Waals surface area contributed by atoms with E-state index in [1.165, 1.54) is 0 Å². The highest BCUT2D eigenvalue weighted by Crippen LogP contribution is 2.39. The molecule has 7 nitrogen and oxygen atoms in total. The topological polar surface area (TPSA) is 79.3 Å². The molecular formula is C31H31ClN2O5. The van der Waals surface area contributed by atoms with Crippen LogP contribution in [0.5, 0.6) is 5.75 Å². The summed E-state index contributed by atoms with van der Waals surface area (Å²) in [4.78, 5) is 30.3. The van der Waals surface area contributed by atoms with Crippen LogP contribution in [0.15, 0.2) is 78.4 Å². The van der Waals surface area contributed by atoms with E-state index in [4.69, 9.17) is 21.1 Å². The fourth-order valence-electron chi connectivity index (χ4n) is 5.01. The number of morpholine rings is 1. The first-order chi connectivity index (χ1) is 18.9. The highest BCUT2D eigenvalue weighted by Gasteiger charge is 2.46. The van der Waals surface area contributed by atoms with Gasteiger partial charge in [0, 0.05) is 36.8 Å². The van der Waals surface area contributed by atoms with Crippen LogP contribution in [-0.2, 0) is 20.9 Å². The monoisotopic (exact) mass is 546 g/mol. The third kappa shape index (κ3) is 6.17. The summed E-state index contributed by atoms with van der Waals surface area (Å²) in [5.74, 6) is -0.905. The number of aliphatic hydroxyl groups is 1. The van der Waals surface area contributed by atoms with E-state index in [1.807, 2.05) is 25.1 Å². The molecule has 202 valence electrons. The van der Waals surface area contributed by atoms with Crippen molar-refractivity contribution < 1.29 is 24.2 Å². The molecule has 1 atom stereocenters. The van der Waals surface area contributed by atoms with E-state index in [0.717, 1.165) is 24.2 Å². The number of likely N-dealkylation sites (tertiary alicyclic amines) is 1. The van der Waals surface area contributed by atoms with E-state index in [9.17, 15) is 14.7 Å². The zero-order valence-electron chi connectivity index (χ0n) is 21.8. The summed E-state index contributed by atoms with van der Waals surface area (Å²) in [6.07, 6.45) is 0. The van der Waals surface area contributed by atoms with Crippen molar-refractivity contribution in [2.24, 2.45) is 0 Å². The van der Waals surface area contributed by atoms with E-state index in [-0.39, 0.29) is 11.3 Å². The molecule has 2 aliphatic rings. The van der Waals surface area contributed by atoms with Gasteiger partial charge in [-0.25, -0.2) is 0 Å². The zero-order valence-corrected chi connectivity index (χ0v) is 22.6. The SMILES string of the molecule is Cc1cccc(COc2ccc(/C(O)=C3/C(=O)C(=O)N(CCN4CCOCC4)C3c3ccc(Cl)cc3)cc2)c1. The number of aliphatic hydroxyl groups excluding tert-OH is 1. The second kappa shape index (κ2) is 12.0. The minimum absolute atomic E-state index is 0.0673. The summed E-state index contributed by atoms with van der Waals surface area (Å²) >= 11 is 6.12. The predicted octanol–water partition coefficient (Wildman–Crippen LogP) is 4.98. The molecule has 2 heterocycles. The molecule has 0 aromatic heterocycles. The normalized spacial score (nSPS) is 19.4. The van der Waals surface area contributed by atoms with Gasteiger partial charge in [0.2, 0.25) is 0 Å². The number of carbonyl (C=O) groups is 2. The molecular weight excluding hydrogens is 516 g/mol. The van der Waals surface area contributed by atoms with Gasteiger partial charge >= 0.3 is 0 Å². The first kappa shape index (κ1) is 26.9. The number of aryl methyl sites for hydroxylation is 1. The fourth-order valence-corrected chi connectivity index (χ4v) is 5.14. The van der Waals surface area contributed by atoms with E-state index in [0.29, 0.717) is 54.8 Å². The molecule has 2 saturated heterocycles. The number of nitrogens with zero attached hydrogens (tertiary/aromatic N) is 2. The standard InChI is InChI=1S/C31H31ClN2O5/c1-21-3-2-4-22(19-21)20-39-26-11-7-24(8-12-26)29(35)27-28(23-5-9-25(32)10-6-23)34(31(37)30(27)36)14-13-33-15-17-38-18-16-33/h2-12,19,28,35H,13-18,20H2,1H3/b29-27-. The van der Waals surface area contributed by atoms with Crippen LogP contribution in [0.25, 0.3) is 5.76 Å². The molecule has 5 rings (SSSR count). The lowest BCUT2D eigenvalue weighted by molar-refractivity contribution is -0.140. The summed E-state index contributed by atoms with van der Waals surface area (Å²) in [6, 6.07) is 21.3. The Kier molecular flexibility index (Phi) is 8.31. The first-order valence-electron chi connectivity index (χ1n) is 13.0. The minimum atomic E-state index is -0.722. The lowest BCUT2D eigenvalue weighted by Gasteiger charge is -2.31. The third-order valence-corrected chi connectivity index (χ3v) is 7.35. The van der Waals surface area contributed by atoms with Gasteiger partial charge in [-0.2, -0.15) is 0 Å². The van der Waals surface area contributed by atoms with Crippen molar-refractivity contribution in [2.45, 2.75) is 19.6 Å². The Bertz CT molecular complexity index is 1360.